The second-order valence-corrected chi connectivity index (χ2v) is 4.19. The Balaban J connectivity index is 2.08. The van der Waals surface area contributed by atoms with Crippen molar-refractivity contribution in [1.82, 2.24) is 0 Å². The van der Waals surface area contributed by atoms with Gasteiger partial charge in [0.1, 0.15) is 24.8 Å². The smallest absolute Gasteiger partial charge is 0.131 e. The van der Waals surface area contributed by atoms with Crippen molar-refractivity contribution in [1.29, 1.82) is 5.26 Å². The van der Waals surface area contributed by atoms with Gasteiger partial charge < -0.3 is 9.84 Å². The van der Waals surface area contributed by atoms with E-state index in [-0.39, 0.29) is 13.2 Å². The lowest BCUT2D eigenvalue weighted by atomic mass is 10.1. The van der Waals surface area contributed by atoms with Crippen LogP contribution in [0.3, 0.4) is 0 Å². The normalized spacial score (nSPS) is 9.38. The molecule has 0 atom stereocenters. The van der Waals surface area contributed by atoms with Gasteiger partial charge in [0.2, 0.25) is 0 Å². The lowest BCUT2D eigenvalue weighted by Gasteiger charge is -2.07. The van der Waals surface area contributed by atoms with Gasteiger partial charge in [-0.15, -0.1) is 0 Å². The minimum Gasteiger partial charge on any atom is -0.489 e. The van der Waals surface area contributed by atoms with Crippen LogP contribution in [0.15, 0.2) is 42.5 Å². The number of aliphatic hydroxyl groups is 1. The summed E-state index contributed by atoms with van der Waals surface area (Å²) < 4.78 is 19.3. The molecule has 2 aromatic rings. The zero-order chi connectivity index (χ0) is 15.1. The zero-order valence-corrected chi connectivity index (χ0v) is 11.1. The maximum atomic E-state index is 13.9. The topological polar surface area (TPSA) is 53.2 Å². The third-order valence-electron chi connectivity index (χ3n) is 2.72. The standard InChI is InChI=1S/C17H12FNO2/c18-17-10-13(4-2-8-20)6-7-15(17)12-21-16-5-1-3-14(9-16)11-19/h1,3,5-7,9-10,20H,8,12H2. The maximum Gasteiger partial charge on any atom is 0.131 e. The molecule has 3 nitrogen and oxygen atoms in total. The zero-order valence-electron chi connectivity index (χ0n) is 11.1. The third kappa shape index (κ3) is 4.07. The van der Waals surface area contributed by atoms with Crippen LogP contribution in [-0.2, 0) is 6.61 Å². The Bertz CT molecular complexity index is 738. The molecule has 104 valence electrons. The first-order chi connectivity index (χ1) is 10.2. The Morgan fingerprint density at radius 1 is 1.14 bits per heavy atom. The predicted molar refractivity (Wildman–Crippen MR) is 75.9 cm³/mol. The largest absolute Gasteiger partial charge is 0.489 e. The average molecular weight is 281 g/mol. The summed E-state index contributed by atoms with van der Waals surface area (Å²) in [4.78, 5) is 0. The summed E-state index contributed by atoms with van der Waals surface area (Å²) in [6.45, 7) is -0.198. The fourth-order valence-electron chi connectivity index (χ4n) is 1.70. The molecule has 0 fully saturated rings. The quantitative estimate of drug-likeness (QED) is 0.880. The van der Waals surface area contributed by atoms with E-state index in [0.29, 0.717) is 22.4 Å². The molecule has 1 N–H and O–H groups in total. The van der Waals surface area contributed by atoms with Gasteiger partial charge in [-0.05, 0) is 30.3 Å². The Kier molecular flexibility index (Phi) is 4.93. The van der Waals surface area contributed by atoms with Gasteiger partial charge in [0, 0.05) is 11.1 Å². The number of halogens is 1. The first kappa shape index (κ1) is 14.6. The molecule has 2 rings (SSSR count). The molecule has 2 aromatic carbocycles. The molecule has 0 aliphatic rings. The highest BCUT2D eigenvalue weighted by atomic mass is 19.1. The van der Waals surface area contributed by atoms with E-state index in [1.807, 2.05) is 6.07 Å². The second-order valence-electron chi connectivity index (χ2n) is 4.19. The van der Waals surface area contributed by atoms with Crippen LogP contribution in [0.1, 0.15) is 16.7 Å². The second kappa shape index (κ2) is 7.09. The van der Waals surface area contributed by atoms with Crippen LogP contribution in [-0.4, -0.2) is 11.7 Å². The van der Waals surface area contributed by atoms with E-state index in [1.54, 1.807) is 36.4 Å². The van der Waals surface area contributed by atoms with Crippen molar-refractivity contribution in [2.75, 3.05) is 6.61 Å². The molecular weight excluding hydrogens is 269 g/mol. The molecule has 4 heteroatoms. The lowest BCUT2D eigenvalue weighted by Crippen LogP contribution is -1.99. The highest BCUT2D eigenvalue weighted by molar-refractivity contribution is 5.38. The van der Waals surface area contributed by atoms with E-state index in [4.69, 9.17) is 15.1 Å². The molecule has 21 heavy (non-hydrogen) atoms. The first-order valence-electron chi connectivity index (χ1n) is 6.24. The van der Waals surface area contributed by atoms with Crippen molar-refractivity contribution in [3.05, 3.63) is 65.0 Å². The van der Waals surface area contributed by atoms with Crippen LogP contribution in [0, 0.1) is 29.0 Å². The maximum absolute atomic E-state index is 13.9. The van der Waals surface area contributed by atoms with Crippen molar-refractivity contribution in [3.63, 3.8) is 0 Å². The number of nitriles is 1. The summed E-state index contributed by atoms with van der Waals surface area (Å²) in [5.41, 5.74) is 1.38. The van der Waals surface area contributed by atoms with Crippen molar-refractivity contribution >= 4 is 0 Å². The van der Waals surface area contributed by atoms with Gasteiger partial charge in [-0.1, -0.05) is 24.0 Å². The molecular formula is C17H12FNO2. The van der Waals surface area contributed by atoms with Crippen LogP contribution >= 0.6 is 0 Å². The number of aliphatic hydroxyl groups excluding tert-OH is 1. The minimum absolute atomic E-state index is 0.0639. The van der Waals surface area contributed by atoms with Gasteiger partial charge in [0.05, 0.1) is 11.6 Å². The van der Waals surface area contributed by atoms with E-state index < -0.39 is 5.82 Å². The van der Waals surface area contributed by atoms with Crippen molar-refractivity contribution in [3.8, 4) is 23.7 Å². The van der Waals surface area contributed by atoms with Gasteiger partial charge in [-0.2, -0.15) is 5.26 Å². The number of benzene rings is 2. The number of hydrogen-bond donors (Lipinski definition) is 1. The highest BCUT2D eigenvalue weighted by Gasteiger charge is 2.04. The Labute approximate surface area is 122 Å². The minimum atomic E-state index is -0.420. The molecule has 0 heterocycles. The van der Waals surface area contributed by atoms with E-state index in [9.17, 15) is 4.39 Å². The monoisotopic (exact) mass is 281 g/mol. The molecule has 0 bridgehead atoms. The molecule has 0 aliphatic carbocycles. The molecule has 0 aliphatic heterocycles. The van der Waals surface area contributed by atoms with Crippen molar-refractivity contribution < 1.29 is 14.2 Å². The molecule has 0 unspecified atom stereocenters. The van der Waals surface area contributed by atoms with Gasteiger partial charge in [0.25, 0.3) is 0 Å². The van der Waals surface area contributed by atoms with Gasteiger partial charge in [-0.25, -0.2) is 4.39 Å². The Morgan fingerprint density at radius 3 is 2.71 bits per heavy atom. The van der Waals surface area contributed by atoms with Gasteiger partial charge in [-0.3, -0.25) is 0 Å². The van der Waals surface area contributed by atoms with Crippen LogP contribution < -0.4 is 4.74 Å². The summed E-state index contributed by atoms with van der Waals surface area (Å²) in [6, 6.07) is 13.2. The summed E-state index contributed by atoms with van der Waals surface area (Å²) in [5.74, 6) is 5.18. The molecule has 0 saturated heterocycles. The molecule has 0 spiro atoms. The molecule has 0 saturated carbocycles. The number of hydrogen-bond acceptors (Lipinski definition) is 3. The SMILES string of the molecule is N#Cc1cccc(OCc2ccc(C#CCO)cc2F)c1. The van der Waals surface area contributed by atoms with E-state index in [0.717, 1.165) is 0 Å². The predicted octanol–water partition coefficient (Wildman–Crippen LogP) is 2.62. The van der Waals surface area contributed by atoms with Gasteiger partial charge >= 0.3 is 0 Å². The number of nitrogens with zero attached hydrogens (tertiary/aromatic N) is 1. The summed E-state index contributed by atoms with van der Waals surface area (Å²) in [7, 11) is 0. The average Bonchev–Trinajstić information content (AvgIpc) is 2.52. The molecule has 0 amide bonds. The van der Waals surface area contributed by atoms with Crippen molar-refractivity contribution in [2.24, 2.45) is 0 Å². The highest BCUT2D eigenvalue weighted by Crippen LogP contribution is 2.16. The van der Waals surface area contributed by atoms with E-state index >= 15 is 0 Å². The van der Waals surface area contributed by atoms with Crippen LogP contribution in [0.25, 0.3) is 0 Å². The summed E-state index contributed by atoms with van der Waals surface area (Å²) >= 11 is 0. The fourth-order valence-corrected chi connectivity index (χ4v) is 1.70. The van der Waals surface area contributed by atoms with Crippen LogP contribution in [0.4, 0.5) is 4.39 Å². The Hall–Kier alpha value is -2.82. The van der Waals surface area contributed by atoms with Gasteiger partial charge in [0.15, 0.2) is 0 Å². The fraction of sp³-hybridized carbons (Fsp3) is 0.118. The lowest BCUT2D eigenvalue weighted by molar-refractivity contribution is 0.300. The Morgan fingerprint density at radius 2 is 2.00 bits per heavy atom. The number of ether oxygens (including phenoxy) is 1. The summed E-state index contributed by atoms with van der Waals surface area (Å²) in [5, 5.41) is 17.4. The van der Waals surface area contributed by atoms with Crippen LogP contribution in [0.5, 0.6) is 5.75 Å². The van der Waals surface area contributed by atoms with Crippen molar-refractivity contribution in [2.45, 2.75) is 6.61 Å². The number of rotatable bonds is 3. The first-order valence-corrected chi connectivity index (χ1v) is 6.24. The van der Waals surface area contributed by atoms with Crippen LogP contribution in [0.2, 0.25) is 0 Å². The molecule has 0 radical (unpaired) electrons. The molecule has 0 aromatic heterocycles. The van der Waals surface area contributed by atoms with E-state index in [2.05, 4.69) is 11.8 Å². The van der Waals surface area contributed by atoms with E-state index in [1.165, 1.54) is 6.07 Å². The summed E-state index contributed by atoms with van der Waals surface area (Å²) in [6.07, 6.45) is 0. The third-order valence-corrected chi connectivity index (χ3v) is 2.72.